The zero-order valence-electron chi connectivity index (χ0n) is 23.5. The fraction of sp³-hybridized carbons (Fsp3) is 0.250. The molecule has 1 aromatic heterocycles. The number of benzene rings is 3. The molecule has 1 saturated heterocycles. The number of aliphatic imine (C=N–C) groups is 1. The van der Waals surface area contributed by atoms with Gasteiger partial charge in [-0.25, -0.2) is 9.98 Å². The van der Waals surface area contributed by atoms with Crippen LogP contribution in [0.2, 0.25) is 10.0 Å². The molecular formula is C32H32Cl2N6O3. The van der Waals surface area contributed by atoms with Gasteiger partial charge in [0.05, 0.1) is 39.7 Å². The van der Waals surface area contributed by atoms with Gasteiger partial charge in [0.15, 0.2) is 0 Å². The summed E-state index contributed by atoms with van der Waals surface area (Å²) in [6, 6.07) is 17.7. The van der Waals surface area contributed by atoms with Crippen LogP contribution in [0.1, 0.15) is 59.0 Å². The average Bonchev–Trinajstić information content (AvgIpc) is 3.69. The molecule has 0 radical (unpaired) electrons. The SMILES string of the molecule is C=C(N[C@@H](CCC(=O)OCc1ccccc1)c1nc2cc(Cl)ccc2[nH]1)c1cc(Cl)c(C(=O)N2CCCC2)cc1/N=C\N. The predicted molar refractivity (Wildman–Crippen MR) is 170 cm³/mol. The number of esters is 1. The normalized spacial score (nSPS) is 13.9. The van der Waals surface area contributed by atoms with Crippen molar-refractivity contribution in [1.29, 1.82) is 0 Å². The molecule has 1 aliphatic rings. The maximum Gasteiger partial charge on any atom is 0.306 e. The van der Waals surface area contributed by atoms with Gasteiger partial charge < -0.3 is 25.7 Å². The zero-order valence-corrected chi connectivity index (χ0v) is 25.0. The highest BCUT2D eigenvalue weighted by atomic mass is 35.5. The highest BCUT2D eigenvalue weighted by molar-refractivity contribution is 6.34. The molecule has 2 heterocycles. The van der Waals surface area contributed by atoms with Gasteiger partial charge >= 0.3 is 5.97 Å². The summed E-state index contributed by atoms with van der Waals surface area (Å²) < 4.78 is 5.50. The van der Waals surface area contributed by atoms with Crippen molar-refractivity contribution in [2.24, 2.45) is 10.7 Å². The van der Waals surface area contributed by atoms with Crippen molar-refractivity contribution < 1.29 is 14.3 Å². The first-order chi connectivity index (χ1) is 20.8. The molecule has 1 amide bonds. The third-order valence-corrected chi connectivity index (χ3v) is 7.82. The van der Waals surface area contributed by atoms with E-state index in [0.29, 0.717) is 58.4 Å². The molecule has 1 fully saturated rings. The number of aromatic amines is 1. The number of H-pyrrole nitrogens is 1. The van der Waals surface area contributed by atoms with E-state index in [1.165, 1.54) is 0 Å². The molecule has 11 heteroatoms. The number of carbonyl (C=O) groups excluding carboxylic acids is 2. The number of ether oxygens (including phenoxy) is 1. The Morgan fingerprint density at radius 3 is 2.63 bits per heavy atom. The Kier molecular flexibility index (Phi) is 9.64. The molecule has 0 spiro atoms. The number of hydrogen-bond acceptors (Lipinski definition) is 6. The molecule has 4 N–H and O–H groups in total. The minimum atomic E-state index is -0.470. The van der Waals surface area contributed by atoms with E-state index in [1.807, 2.05) is 36.4 Å². The smallest absolute Gasteiger partial charge is 0.306 e. The second-order valence-corrected chi connectivity index (χ2v) is 11.1. The van der Waals surface area contributed by atoms with Crippen LogP contribution in [0.25, 0.3) is 16.7 Å². The lowest BCUT2D eigenvalue weighted by Gasteiger charge is -2.22. The maximum absolute atomic E-state index is 13.1. The van der Waals surface area contributed by atoms with E-state index in [1.54, 1.807) is 29.2 Å². The maximum atomic E-state index is 13.1. The summed E-state index contributed by atoms with van der Waals surface area (Å²) in [6.07, 6.45) is 3.55. The first-order valence-electron chi connectivity index (χ1n) is 14.0. The monoisotopic (exact) mass is 618 g/mol. The van der Waals surface area contributed by atoms with Crippen molar-refractivity contribution in [1.82, 2.24) is 20.2 Å². The summed E-state index contributed by atoms with van der Waals surface area (Å²) in [4.78, 5) is 40.0. The highest BCUT2D eigenvalue weighted by Crippen LogP contribution is 2.34. The lowest BCUT2D eigenvalue weighted by Crippen LogP contribution is -2.28. The summed E-state index contributed by atoms with van der Waals surface area (Å²) in [5.74, 6) is 0.0978. The van der Waals surface area contributed by atoms with Crippen LogP contribution in [0.3, 0.4) is 0 Å². The van der Waals surface area contributed by atoms with Gasteiger partial charge in [0.1, 0.15) is 12.4 Å². The van der Waals surface area contributed by atoms with E-state index in [0.717, 1.165) is 30.3 Å². The number of fused-ring (bicyclic) bond motifs is 1. The predicted octanol–water partition coefficient (Wildman–Crippen LogP) is 6.55. The lowest BCUT2D eigenvalue weighted by molar-refractivity contribution is -0.145. The van der Waals surface area contributed by atoms with E-state index in [2.05, 4.69) is 21.9 Å². The van der Waals surface area contributed by atoms with Gasteiger partial charge in [0.2, 0.25) is 0 Å². The number of halogens is 2. The second-order valence-electron chi connectivity index (χ2n) is 10.3. The van der Waals surface area contributed by atoms with Crippen LogP contribution in [-0.2, 0) is 16.1 Å². The minimum Gasteiger partial charge on any atom is -0.461 e. The average molecular weight is 620 g/mol. The van der Waals surface area contributed by atoms with Gasteiger partial charge in [-0.15, -0.1) is 0 Å². The number of nitrogens with zero attached hydrogens (tertiary/aromatic N) is 3. The summed E-state index contributed by atoms with van der Waals surface area (Å²) in [5, 5.41) is 4.23. The van der Waals surface area contributed by atoms with Crippen LogP contribution in [0.15, 0.2) is 72.2 Å². The van der Waals surface area contributed by atoms with Gasteiger partial charge in [-0.2, -0.15) is 0 Å². The molecule has 3 aromatic carbocycles. The number of likely N-dealkylation sites (tertiary alicyclic amines) is 1. The zero-order chi connectivity index (χ0) is 30.3. The second kappa shape index (κ2) is 13.8. The van der Waals surface area contributed by atoms with Crippen LogP contribution < -0.4 is 11.1 Å². The Morgan fingerprint density at radius 2 is 1.88 bits per heavy atom. The summed E-state index contributed by atoms with van der Waals surface area (Å²) in [7, 11) is 0. The summed E-state index contributed by atoms with van der Waals surface area (Å²) in [5.41, 5.74) is 9.87. The van der Waals surface area contributed by atoms with E-state index in [9.17, 15) is 9.59 Å². The Hall–Kier alpha value is -4.34. The molecule has 0 aliphatic carbocycles. The highest BCUT2D eigenvalue weighted by Gasteiger charge is 2.25. The van der Waals surface area contributed by atoms with Crippen LogP contribution >= 0.6 is 23.2 Å². The van der Waals surface area contributed by atoms with Crippen molar-refractivity contribution in [3.05, 3.63) is 99.8 Å². The van der Waals surface area contributed by atoms with Crippen molar-refractivity contribution >= 4 is 63.8 Å². The van der Waals surface area contributed by atoms with Gasteiger partial charge in [-0.1, -0.05) is 60.1 Å². The Labute approximate surface area is 259 Å². The Balaban J connectivity index is 1.38. The van der Waals surface area contributed by atoms with E-state index >= 15 is 0 Å². The first kappa shape index (κ1) is 30.1. The molecule has 9 nitrogen and oxygen atoms in total. The minimum absolute atomic E-state index is 0.118. The lowest BCUT2D eigenvalue weighted by atomic mass is 10.0. The number of nitrogens with two attached hydrogens (primary N) is 1. The molecular weight excluding hydrogens is 587 g/mol. The van der Waals surface area contributed by atoms with Gasteiger partial charge in [-0.3, -0.25) is 9.59 Å². The number of imidazole rings is 1. The van der Waals surface area contributed by atoms with Gasteiger partial charge in [0.25, 0.3) is 5.91 Å². The van der Waals surface area contributed by atoms with Gasteiger partial charge in [-0.05, 0) is 55.2 Å². The van der Waals surface area contributed by atoms with Crippen LogP contribution in [0, 0.1) is 0 Å². The first-order valence-corrected chi connectivity index (χ1v) is 14.8. The van der Waals surface area contributed by atoms with E-state index in [-0.39, 0.29) is 29.9 Å². The number of carbonyl (C=O) groups is 2. The van der Waals surface area contributed by atoms with Crippen molar-refractivity contribution in [2.45, 2.75) is 38.3 Å². The van der Waals surface area contributed by atoms with Crippen LogP contribution in [0.4, 0.5) is 5.69 Å². The molecule has 222 valence electrons. The van der Waals surface area contributed by atoms with Crippen molar-refractivity contribution in [3.8, 4) is 0 Å². The number of rotatable bonds is 11. The molecule has 1 aliphatic heterocycles. The van der Waals surface area contributed by atoms with E-state index in [4.69, 9.17) is 38.7 Å². The standard InChI is InChI=1S/C32H32Cl2N6O3/c1-20(23-16-25(34)24(17-28(23)36-19-35)32(42)40-13-5-6-14-40)37-27(31-38-26-10-9-22(33)15-29(26)39-31)11-12-30(41)43-18-21-7-3-2-4-8-21/h2-4,7-10,15-17,19,27,37H,1,5-6,11-14,18H2,(H2,35,36)(H,38,39)/t27-/m0/s1. The van der Waals surface area contributed by atoms with E-state index < -0.39 is 6.04 Å². The molecule has 4 aromatic rings. The molecule has 43 heavy (non-hydrogen) atoms. The topological polar surface area (TPSA) is 126 Å². The largest absolute Gasteiger partial charge is 0.461 e. The third-order valence-electron chi connectivity index (χ3n) is 7.27. The summed E-state index contributed by atoms with van der Waals surface area (Å²) in [6.45, 7) is 5.81. The third kappa shape index (κ3) is 7.36. The number of nitrogens with one attached hydrogen (secondary N) is 2. The van der Waals surface area contributed by atoms with Crippen LogP contribution in [-0.4, -0.2) is 46.2 Å². The molecule has 0 bridgehead atoms. The molecule has 5 rings (SSSR count). The van der Waals surface area contributed by atoms with Crippen molar-refractivity contribution in [2.75, 3.05) is 13.1 Å². The van der Waals surface area contributed by atoms with Crippen molar-refractivity contribution in [3.63, 3.8) is 0 Å². The Morgan fingerprint density at radius 1 is 1.12 bits per heavy atom. The molecule has 0 saturated carbocycles. The number of amides is 1. The molecule has 1 atom stereocenters. The Bertz CT molecular complexity index is 1660. The fourth-order valence-electron chi connectivity index (χ4n) is 5.05. The summed E-state index contributed by atoms with van der Waals surface area (Å²) >= 11 is 12.8. The number of hydrogen-bond donors (Lipinski definition) is 3. The quantitative estimate of drug-likeness (QED) is 0.0994. The number of aromatic nitrogens is 2. The molecule has 0 unspecified atom stereocenters. The fourth-order valence-corrected chi connectivity index (χ4v) is 5.46. The van der Waals surface area contributed by atoms with Gasteiger partial charge in [0, 0.05) is 35.8 Å². The van der Waals surface area contributed by atoms with Crippen LogP contribution in [0.5, 0.6) is 0 Å².